The van der Waals surface area contributed by atoms with E-state index < -0.39 is 0 Å². The molecular weight excluding hydrogens is 386 g/mol. The van der Waals surface area contributed by atoms with Gasteiger partial charge in [0.2, 0.25) is 0 Å². The molecule has 0 saturated heterocycles. The van der Waals surface area contributed by atoms with Crippen LogP contribution in [0, 0.1) is 0 Å². The summed E-state index contributed by atoms with van der Waals surface area (Å²) in [5, 5.41) is 27.2. The Labute approximate surface area is 173 Å². The highest BCUT2D eigenvalue weighted by Gasteiger charge is 2.12. The maximum Gasteiger partial charge on any atom is 0.161 e. The number of anilines is 3. The molecule has 0 amide bonds. The molecule has 4 aromatic rings. The predicted molar refractivity (Wildman–Crippen MR) is 117 cm³/mol. The summed E-state index contributed by atoms with van der Waals surface area (Å²) in [6.45, 7) is 0.545. The van der Waals surface area contributed by atoms with E-state index in [0.29, 0.717) is 23.8 Å². The number of fused-ring (bicyclic) bond motifs is 1. The molecule has 146 valence electrons. The molecule has 0 saturated carbocycles. The van der Waals surface area contributed by atoms with Gasteiger partial charge in [-0.1, -0.05) is 17.7 Å². The number of aliphatic hydroxyl groups excluding tert-OH is 1. The lowest BCUT2D eigenvalue weighted by atomic mass is 10.0. The summed E-state index contributed by atoms with van der Waals surface area (Å²) in [5.41, 5.74) is 3.80. The molecule has 0 aliphatic carbocycles. The normalized spacial score (nSPS) is 10.8. The second-order valence-electron chi connectivity index (χ2n) is 6.57. The Balaban J connectivity index is 1.75. The second kappa shape index (κ2) is 8.86. The van der Waals surface area contributed by atoms with E-state index in [1.54, 1.807) is 12.4 Å². The van der Waals surface area contributed by atoms with Crippen molar-refractivity contribution in [1.29, 1.82) is 0 Å². The minimum atomic E-state index is 0.0653. The predicted octanol–water partition coefficient (Wildman–Crippen LogP) is 4.42. The fourth-order valence-corrected chi connectivity index (χ4v) is 3.23. The fraction of sp³-hybridized carbons (Fsp3) is 0.136. The molecule has 2 aromatic heterocycles. The van der Waals surface area contributed by atoms with Crippen LogP contribution in [0.3, 0.4) is 0 Å². The Bertz CT molecular complexity index is 1100. The number of aromatic nitrogens is 3. The van der Waals surface area contributed by atoms with E-state index >= 15 is 0 Å². The van der Waals surface area contributed by atoms with Crippen LogP contribution in [0.15, 0.2) is 67.0 Å². The number of aliphatic hydroxyl groups is 1. The van der Waals surface area contributed by atoms with Gasteiger partial charge in [0.25, 0.3) is 0 Å². The molecular formula is C22H20ClN5O. The summed E-state index contributed by atoms with van der Waals surface area (Å²) in [4.78, 5) is 4.07. The third-order valence-corrected chi connectivity index (χ3v) is 4.78. The van der Waals surface area contributed by atoms with Crippen LogP contribution in [0.25, 0.3) is 10.8 Å². The zero-order valence-electron chi connectivity index (χ0n) is 15.6. The van der Waals surface area contributed by atoms with E-state index in [0.717, 1.165) is 33.4 Å². The van der Waals surface area contributed by atoms with Crippen molar-refractivity contribution in [2.75, 3.05) is 23.8 Å². The number of benzene rings is 2. The Morgan fingerprint density at radius 3 is 2.38 bits per heavy atom. The average Bonchev–Trinajstić information content (AvgIpc) is 2.76. The molecule has 2 heterocycles. The Kier molecular flexibility index (Phi) is 5.84. The molecule has 0 bridgehead atoms. The van der Waals surface area contributed by atoms with Crippen LogP contribution in [0.5, 0.6) is 0 Å². The van der Waals surface area contributed by atoms with Crippen LogP contribution >= 0.6 is 11.6 Å². The number of halogens is 1. The summed E-state index contributed by atoms with van der Waals surface area (Å²) in [6.07, 6.45) is 4.22. The van der Waals surface area contributed by atoms with Crippen molar-refractivity contribution in [3.63, 3.8) is 0 Å². The first-order valence-electron chi connectivity index (χ1n) is 9.28. The van der Waals surface area contributed by atoms with Gasteiger partial charge in [0.05, 0.1) is 12.3 Å². The molecule has 0 atom stereocenters. The van der Waals surface area contributed by atoms with Crippen molar-refractivity contribution < 1.29 is 5.11 Å². The number of rotatable bonds is 7. The Morgan fingerprint density at radius 2 is 1.62 bits per heavy atom. The van der Waals surface area contributed by atoms with Gasteiger partial charge in [-0.15, -0.1) is 5.10 Å². The van der Waals surface area contributed by atoms with E-state index in [-0.39, 0.29) is 6.61 Å². The number of pyridine rings is 1. The summed E-state index contributed by atoms with van der Waals surface area (Å²) in [7, 11) is 0. The fourth-order valence-electron chi connectivity index (χ4n) is 3.11. The van der Waals surface area contributed by atoms with Gasteiger partial charge >= 0.3 is 0 Å². The van der Waals surface area contributed by atoms with E-state index in [1.165, 1.54) is 0 Å². The monoisotopic (exact) mass is 405 g/mol. The van der Waals surface area contributed by atoms with Crippen LogP contribution in [0.2, 0.25) is 5.02 Å². The van der Waals surface area contributed by atoms with Gasteiger partial charge in [-0.2, -0.15) is 5.10 Å². The van der Waals surface area contributed by atoms with Gasteiger partial charge in [0, 0.05) is 52.5 Å². The third-order valence-electron chi connectivity index (χ3n) is 4.53. The molecule has 0 unspecified atom stereocenters. The van der Waals surface area contributed by atoms with Gasteiger partial charge in [-0.05, 0) is 54.1 Å². The number of hydrogen-bond acceptors (Lipinski definition) is 6. The Hall–Kier alpha value is -3.22. The minimum Gasteiger partial charge on any atom is -0.395 e. The first-order chi connectivity index (χ1) is 14.2. The quantitative estimate of drug-likeness (QED) is 0.422. The van der Waals surface area contributed by atoms with Crippen LogP contribution < -0.4 is 10.6 Å². The molecule has 2 aromatic carbocycles. The van der Waals surface area contributed by atoms with Crippen LogP contribution in [0.1, 0.15) is 11.3 Å². The molecule has 0 aliphatic rings. The Morgan fingerprint density at radius 1 is 0.862 bits per heavy atom. The van der Waals surface area contributed by atoms with Crippen molar-refractivity contribution >= 4 is 39.6 Å². The number of hydrogen-bond donors (Lipinski definition) is 3. The molecule has 0 fully saturated rings. The van der Waals surface area contributed by atoms with Crippen molar-refractivity contribution in [1.82, 2.24) is 15.2 Å². The first-order valence-corrected chi connectivity index (χ1v) is 9.66. The summed E-state index contributed by atoms with van der Waals surface area (Å²) >= 11 is 5.99. The summed E-state index contributed by atoms with van der Waals surface area (Å²) < 4.78 is 0. The molecule has 4 rings (SSSR count). The van der Waals surface area contributed by atoms with Crippen molar-refractivity contribution in [3.8, 4) is 0 Å². The summed E-state index contributed by atoms with van der Waals surface area (Å²) in [6, 6.07) is 17.4. The smallest absolute Gasteiger partial charge is 0.161 e. The van der Waals surface area contributed by atoms with Gasteiger partial charge in [0.1, 0.15) is 0 Å². The van der Waals surface area contributed by atoms with Crippen molar-refractivity contribution in [2.24, 2.45) is 0 Å². The molecule has 3 N–H and O–H groups in total. The van der Waals surface area contributed by atoms with Crippen molar-refractivity contribution in [2.45, 2.75) is 6.42 Å². The van der Waals surface area contributed by atoms with E-state index in [4.69, 9.17) is 16.7 Å². The lowest BCUT2D eigenvalue weighted by Gasteiger charge is -2.13. The van der Waals surface area contributed by atoms with Crippen molar-refractivity contribution in [3.05, 3.63) is 83.3 Å². The van der Waals surface area contributed by atoms with E-state index in [1.807, 2.05) is 54.6 Å². The van der Waals surface area contributed by atoms with Gasteiger partial charge in [-0.25, -0.2) is 0 Å². The van der Waals surface area contributed by atoms with Gasteiger partial charge < -0.3 is 15.7 Å². The highest BCUT2D eigenvalue weighted by molar-refractivity contribution is 6.30. The topological polar surface area (TPSA) is 83.0 Å². The molecule has 0 radical (unpaired) electrons. The molecule has 0 aliphatic heterocycles. The number of nitrogens with one attached hydrogen (secondary N) is 2. The first kappa shape index (κ1) is 19.1. The highest BCUT2D eigenvalue weighted by Crippen LogP contribution is 2.30. The molecule has 29 heavy (non-hydrogen) atoms. The number of nitrogens with zero attached hydrogens (tertiary/aromatic N) is 3. The lowest BCUT2D eigenvalue weighted by Crippen LogP contribution is -2.06. The maximum absolute atomic E-state index is 9.11. The largest absolute Gasteiger partial charge is 0.395 e. The SMILES string of the molecule is OCCNc1ccc2c(Cc3ccncc3)nnc(Nc3ccc(Cl)cc3)c2c1. The minimum absolute atomic E-state index is 0.0653. The standard InChI is InChI=1S/C22H20ClN5O/c23-16-1-3-17(4-2-16)26-22-20-14-18(25-11-12-29)5-6-19(20)21(27-28-22)13-15-7-9-24-10-8-15/h1-10,14,25,29H,11-13H2,(H,26,28). The third kappa shape index (κ3) is 4.62. The highest BCUT2D eigenvalue weighted by atomic mass is 35.5. The lowest BCUT2D eigenvalue weighted by molar-refractivity contribution is 0.311. The zero-order valence-corrected chi connectivity index (χ0v) is 16.4. The van der Waals surface area contributed by atoms with E-state index in [9.17, 15) is 0 Å². The second-order valence-corrected chi connectivity index (χ2v) is 7.01. The molecule has 7 heteroatoms. The van der Waals surface area contributed by atoms with Gasteiger partial charge in [-0.3, -0.25) is 4.98 Å². The zero-order chi connectivity index (χ0) is 20.1. The molecule has 0 spiro atoms. The average molecular weight is 406 g/mol. The maximum atomic E-state index is 9.11. The molecule has 6 nitrogen and oxygen atoms in total. The van der Waals surface area contributed by atoms with Crippen LogP contribution in [-0.4, -0.2) is 33.4 Å². The van der Waals surface area contributed by atoms with E-state index in [2.05, 4.69) is 25.8 Å². The summed E-state index contributed by atoms with van der Waals surface area (Å²) in [5.74, 6) is 0.661. The van der Waals surface area contributed by atoms with Crippen LogP contribution in [-0.2, 0) is 6.42 Å². The van der Waals surface area contributed by atoms with Crippen LogP contribution in [0.4, 0.5) is 17.2 Å². The van der Waals surface area contributed by atoms with Gasteiger partial charge in [0.15, 0.2) is 5.82 Å².